The monoisotopic (exact) mass is 208 g/mol. The number of rotatable bonds is 2. The summed E-state index contributed by atoms with van der Waals surface area (Å²) < 4.78 is 1.59. The van der Waals surface area contributed by atoms with Crippen LogP contribution in [0.25, 0.3) is 0 Å². The van der Waals surface area contributed by atoms with E-state index >= 15 is 0 Å². The highest BCUT2D eigenvalue weighted by molar-refractivity contribution is 5.76. The van der Waals surface area contributed by atoms with Crippen molar-refractivity contribution in [1.29, 1.82) is 0 Å². The van der Waals surface area contributed by atoms with Crippen LogP contribution in [-0.2, 0) is 11.3 Å². The van der Waals surface area contributed by atoms with Gasteiger partial charge in [0.05, 0.1) is 11.9 Å². The smallest absolute Gasteiger partial charge is 0.244 e. The SMILES string of the molecule is CC1CCCN1C(=O)Cn1cc(N)cn1. The lowest BCUT2D eigenvalue weighted by atomic mass is 10.2. The highest BCUT2D eigenvalue weighted by Gasteiger charge is 2.24. The summed E-state index contributed by atoms with van der Waals surface area (Å²) >= 11 is 0. The van der Waals surface area contributed by atoms with E-state index < -0.39 is 0 Å². The van der Waals surface area contributed by atoms with Gasteiger partial charge in [-0.05, 0) is 19.8 Å². The third-order valence-electron chi connectivity index (χ3n) is 2.82. The average Bonchev–Trinajstić information content (AvgIpc) is 2.75. The van der Waals surface area contributed by atoms with E-state index in [0.717, 1.165) is 19.4 Å². The number of hydrogen-bond donors (Lipinski definition) is 1. The van der Waals surface area contributed by atoms with Crippen molar-refractivity contribution in [3.63, 3.8) is 0 Å². The molecule has 1 aliphatic heterocycles. The summed E-state index contributed by atoms with van der Waals surface area (Å²) in [5.41, 5.74) is 6.12. The molecular weight excluding hydrogens is 192 g/mol. The van der Waals surface area contributed by atoms with Crippen LogP contribution in [0.3, 0.4) is 0 Å². The summed E-state index contributed by atoms with van der Waals surface area (Å²) in [5.74, 6) is 0.128. The Kier molecular flexibility index (Phi) is 2.62. The quantitative estimate of drug-likeness (QED) is 0.768. The molecule has 2 N–H and O–H groups in total. The van der Waals surface area contributed by atoms with E-state index in [1.807, 2.05) is 4.90 Å². The zero-order valence-corrected chi connectivity index (χ0v) is 8.89. The predicted molar refractivity (Wildman–Crippen MR) is 57.0 cm³/mol. The molecule has 1 saturated heterocycles. The molecule has 1 amide bonds. The first kappa shape index (κ1) is 10.0. The van der Waals surface area contributed by atoms with E-state index in [1.165, 1.54) is 0 Å². The Hall–Kier alpha value is -1.52. The van der Waals surface area contributed by atoms with Crippen LogP contribution in [0, 0.1) is 0 Å². The first-order chi connectivity index (χ1) is 7.16. The van der Waals surface area contributed by atoms with Crippen LogP contribution in [0.2, 0.25) is 0 Å². The van der Waals surface area contributed by atoms with Gasteiger partial charge >= 0.3 is 0 Å². The van der Waals surface area contributed by atoms with Crippen molar-refractivity contribution >= 4 is 11.6 Å². The summed E-state index contributed by atoms with van der Waals surface area (Å²) in [6, 6.07) is 0.366. The van der Waals surface area contributed by atoms with E-state index in [9.17, 15) is 4.79 Å². The standard InChI is InChI=1S/C10H16N4O/c1-8-3-2-4-14(8)10(15)7-13-6-9(11)5-12-13/h5-6,8H,2-4,7,11H2,1H3. The van der Waals surface area contributed by atoms with Crippen LogP contribution in [0.5, 0.6) is 0 Å². The van der Waals surface area contributed by atoms with Crippen molar-refractivity contribution in [2.24, 2.45) is 0 Å². The van der Waals surface area contributed by atoms with Crippen molar-refractivity contribution < 1.29 is 4.79 Å². The van der Waals surface area contributed by atoms with E-state index in [-0.39, 0.29) is 5.91 Å². The lowest BCUT2D eigenvalue weighted by Crippen LogP contribution is -2.36. The Morgan fingerprint density at radius 3 is 3.07 bits per heavy atom. The molecule has 5 heteroatoms. The number of aromatic nitrogens is 2. The largest absolute Gasteiger partial charge is 0.396 e. The molecule has 1 aromatic rings. The molecule has 2 heterocycles. The number of nitrogen functional groups attached to an aromatic ring is 1. The number of carbonyl (C=O) groups excluding carboxylic acids is 1. The maximum Gasteiger partial charge on any atom is 0.244 e. The van der Waals surface area contributed by atoms with Crippen LogP contribution < -0.4 is 5.73 Å². The molecule has 0 radical (unpaired) electrons. The number of amides is 1. The van der Waals surface area contributed by atoms with Gasteiger partial charge in [0.15, 0.2) is 0 Å². The first-order valence-corrected chi connectivity index (χ1v) is 5.24. The molecule has 0 bridgehead atoms. The minimum Gasteiger partial charge on any atom is -0.396 e. The molecule has 1 atom stereocenters. The lowest BCUT2D eigenvalue weighted by molar-refractivity contribution is -0.132. The molecule has 1 fully saturated rings. The fourth-order valence-corrected chi connectivity index (χ4v) is 2.00. The van der Waals surface area contributed by atoms with Crippen LogP contribution in [0.4, 0.5) is 5.69 Å². The third kappa shape index (κ3) is 2.11. The van der Waals surface area contributed by atoms with Gasteiger partial charge in [-0.15, -0.1) is 0 Å². The number of likely N-dealkylation sites (tertiary alicyclic amines) is 1. The summed E-state index contributed by atoms with van der Waals surface area (Å²) in [6.07, 6.45) is 5.44. The molecule has 0 saturated carbocycles. The predicted octanol–water partition coefficient (Wildman–Crippen LogP) is 0.476. The number of nitrogens with zero attached hydrogens (tertiary/aromatic N) is 3. The topological polar surface area (TPSA) is 64.2 Å². The van der Waals surface area contributed by atoms with Crippen molar-refractivity contribution in [3.05, 3.63) is 12.4 Å². The maximum atomic E-state index is 11.9. The van der Waals surface area contributed by atoms with Crippen molar-refractivity contribution in [2.45, 2.75) is 32.4 Å². The second-order valence-corrected chi connectivity index (χ2v) is 4.05. The number of carbonyl (C=O) groups is 1. The molecule has 0 aromatic carbocycles. The van der Waals surface area contributed by atoms with Gasteiger partial charge in [-0.1, -0.05) is 0 Å². The van der Waals surface area contributed by atoms with E-state index in [2.05, 4.69) is 12.0 Å². The Morgan fingerprint density at radius 1 is 1.73 bits per heavy atom. The summed E-state index contributed by atoms with van der Waals surface area (Å²) in [5, 5.41) is 4.00. The van der Waals surface area contributed by atoms with Crippen LogP contribution >= 0.6 is 0 Å². The van der Waals surface area contributed by atoms with Gasteiger partial charge in [0.1, 0.15) is 6.54 Å². The normalized spacial score (nSPS) is 20.9. The first-order valence-electron chi connectivity index (χ1n) is 5.24. The fraction of sp³-hybridized carbons (Fsp3) is 0.600. The minimum absolute atomic E-state index is 0.128. The highest BCUT2D eigenvalue weighted by atomic mass is 16.2. The number of anilines is 1. The van der Waals surface area contributed by atoms with Crippen LogP contribution in [0.1, 0.15) is 19.8 Å². The van der Waals surface area contributed by atoms with E-state index in [0.29, 0.717) is 18.3 Å². The molecule has 1 aromatic heterocycles. The third-order valence-corrected chi connectivity index (χ3v) is 2.82. The van der Waals surface area contributed by atoms with Crippen molar-refractivity contribution in [3.8, 4) is 0 Å². The maximum absolute atomic E-state index is 11.9. The molecular formula is C10H16N4O. The number of hydrogen-bond acceptors (Lipinski definition) is 3. The fourth-order valence-electron chi connectivity index (χ4n) is 2.00. The Morgan fingerprint density at radius 2 is 2.53 bits per heavy atom. The molecule has 0 aliphatic carbocycles. The Labute approximate surface area is 88.8 Å². The van der Waals surface area contributed by atoms with Gasteiger partial charge < -0.3 is 10.6 Å². The molecule has 2 rings (SSSR count). The second-order valence-electron chi connectivity index (χ2n) is 4.05. The van der Waals surface area contributed by atoms with Crippen LogP contribution in [0.15, 0.2) is 12.4 Å². The van der Waals surface area contributed by atoms with Crippen molar-refractivity contribution in [1.82, 2.24) is 14.7 Å². The zero-order valence-electron chi connectivity index (χ0n) is 8.89. The summed E-state index contributed by atoms with van der Waals surface area (Å²) in [4.78, 5) is 13.8. The van der Waals surface area contributed by atoms with Crippen LogP contribution in [-0.4, -0.2) is 33.2 Å². The number of nitrogens with two attached hydrogens (primary N) is 1. The Balaban J connectivity index is 1.97. The van der Waals surface area contributed by atoms with Gasteiger partial charge in [-0.2, -0.15) is 5.10 Å². The van der Waals surface area contributed by atoms with Gasteiger partial charge in [0.25, 0.3) is 0 Å². The van der Waals surface area contributed by atoms with Gasteiger partial charge in [0, 0.05) is 18.8 Å². The Bertz CT molecular complexity index is 360. The second kappa shape index (κ2) is 3.92. The summed E-state index contributed by atoms with van der Waals surface area (Å²) in [6.45, 7) is 3.25. The van der Waals surface area contributed by atoms with E-state index in [4.69, 9.17) is 5.73 Å². The molecule has 15 heavy (non-hydrogen) atoms. The highest BCUT2D eigenvalue weighted by Crippen LogP contribution is 2.16. The van der Waals surface area contributed by atoms with Gasteiger partial charge in [-0.25, -0.2) is 0 Å². The summed E-state index contributed by atoms with van der Waals surface area (Å²) in [7, 11) is 0. The minimum atomic E-state index is 0.128. The molecule has 1 aliphatic rings. The average molecular weight is 208 g/mol. The van der Waals surface area contributed by atoms with Gasteiger partial charge in [0.2, 0.25) is 5.91 Å². The molecule has 1 unspecified atom stereocenters. The lowest BCUT2D eigenvalue weighted by Gasteiger charge is -2.21. The van der Waals surface area contributed by atoms with Gasteiger partial charge in [-0.3, -0.25) is 9.48 Å². The molecule has 5 nitrogen and oxygen atoms in total. The van der Waals surface area contributed by atoms with E-state index in [1.54, 1.807) is 17.1 Å². The molecule has 0 spiro atoms. The zero-order chi connectivity index (χ0) is 10.8. The molecule has 82 valence electrons. The van der Waals surface area contributed by atoms with Crippen molar-refractivity contribution in [2.75, 3.05) is 12.3 Å².